The molecular weight excluding hydrogens is 342 g/mol. The lowest BCUT2D eigenvalue weighted by Gasteiger charge is -2.18. The van der Waals surface area contributed by atoms with Crippen LogP contribution in [-0.4, -0.2) is 45.0 Å². The Bertz CT molecular complexity index is 838. The molecular formula is C20H25N5O2. The molecule has 0 bridgehead atoms. The van der Waals surface area contributed by atoms with Crippen molar-refractivity contribution < 1.29 is 9.59 Å². The second kappa shape index (κ2) is 7.13. The van der Waals surface area contributed by atoms with Crippen LogP contribution in [0, 0.1) is 11.8 Å². The first-order chi connectivity index (χ1) is 13.0. The van der Waals surface area contributed by atoms with Gasteiger partial charge in [-0.15, -0.1) is 0 Å². The van der Waals surface area contributed by atoms with E-state index in [1.165, 1.54) is 12.8 Å². The van der Waals surface area contributed by atoms with Gasteiger partial charge in [0.1, 0.15) is 5.82 Å². The van der Waals surface area contributed by atoms with E-state index in [0.717, 1.165) is 17.1 Å². The second-order valence-corrected chi connectivity index (χ2v) is 7.98. The van der Waals surface area contributed by atoms with Crippen molar-refractivity contribution >= 4 is 17.5 Å². The average molecular weight is 367 g/mol. The Hall–Kier alpha value is -2.70. The molecule has 4 rings (SSSR count). The lowest BCUT2D eigenvalue weighted by atomic mass is 10.1. The Labute approximate surface area is 158 Å². The zero-order chi connectivity index (χ0) is 19.0. The van der Waals surface area contributed by atoms with Crippen LogP contribution in [0.5, 0.6) is 0 Å². The highest BCUT2D eigenvalue weighted by molar-refractivity contribution is 5.97. The summed E-state index contributed by atoms with van der Waals surface area (Å²) in [6.07, 6.45) is 2.65. The molecule has 7 nitrogen and oxygen atoms in total. The van der Waals surface area contributed by atoms with Crippen molar-refractivity contribution in [3.8, 4) is 11.4 Å². The Balaban J connectivity index is 1.36. The molecule has 2 aliphatic rings. The smallest absolute Gasteiger partial charge is 0.229 e. The SMILES string of the molecule is CC(C)CN1CC(C(=O)Nc2ccc(-c3n[nH]c(C4CC4)n3)cc2)CC1=O. The van der Waals surface area contributed by atoms with E-state index in [4.69, 9.17) is 0 Å². The Morgan fingerprint density at radius 2 is 2.04 bits per heavy atom. The average Bonchev–Trinajstić information content (AvgIpc) is 3.26. The molecule has 2 amide bonds. The topological polar surface area (TPSA) is 91.0 Å². The fourth-order valence-corrected chi connectivity index (χ4v) is 3.45. The van der Waals surface area contributed by atoms with Gasteiger partial charge in [-0.2, -0.15) is 5.10 Å². The first kappa shape index (κ1) is 17.7. The summed E-state index contributed by atoms with van der Waals surface area (Å²) in [5.41, 5.74) is 1.63. The van der Waals surface area contributed by atoms with E-state index < -0.39 is 0 Å². The number of likely N-dealkylation sites (tertiary alicyclic amines) is 1. The van der Waals surface area contributed by atoms with Gasteiger partial charge < -0.3 is 10.2 Å². The molecule has 7 heteroatoms. The maximum Gasteiger partial charge on any atom is 0.229 e. The normalized spacial score (nSPS) is 19.7. The number of carbonyl (C=O) groups is 2. The molecule has 2 N–H and O–H groups in total. The van der Waals surface area contributed by atoms with Crippen LogP contribution in [0.3, 0.4) is 0 Å². The predicted octanol–water partition coefficient (Wildman–Crippen LogP) is 2.79. The van der Waals surface area contributed by atoms with Crippen LogP contribution in [0.2, 0.25) is 0 Å². The van der Waals surface area contributed by atoms with Crippen LogP contribution in [0.4, 0.5) is 5.69 Å². The minimum absolute atomic E-state index is 0.0651. The molecule has 2 fully saturated rings. The first-order valence-electron chi connectivity index (χ1n) is 9.61. The van der Waals surface area contributed by atoms with Gasteiger partial charge in [-0.1, -0.05) is 13.8 Å². The quantitative estimate of drug-likeness (QED) is 0.821. The lowest BCUT2D eigenvalue weighted by molar-refractivity contribution is -0.128. The van der Waals surface area contributed by atoms with E-state index in [1.54, 1.807) is 4.90 Å². The summed E-state index contributed by atoms with van der Waals surface area (Å²) in [5, 5.41) is 10.2. The highest BCUT2D eigenvalue weighted by atomic mass is 16.2. The van der Waals surface area contributed by atoms with Crippen molar-refractivity contribution in [2.45, 2.75) is 39.0 Å². The van der Waals surface area contributed by atoms with E-state index >= 15 is 0 Å². The fourth-order valence-electron chi connectivity index (χ4n) is 3.45. The third kappa shape index (κ3) is 4.02. The Morgan fingerprint density at radius 3 is 2.70 bits per heavy atom. The maximum absolute atomic E-state index is 12.5. The van der Waals surface area contributed by atoms with Crippen molar-refractivity contribution in [1.29, 1.82) is 0 Å². The van der Waals surface area contributed by atoms with Crippen LogP contribution in [-0.2, 0) is 9.59 Å². The molecule has 142 valence electrons. The highest BCUT2D eigenvalue weighted by Gasteiger charge is 2.34. The Kier molecular flexibility index (Phi) is 4.68. The molecule has 27 heavy (non-hydrogen) atoms. The van der Waals surface area contributed by atoms with Gasteiger partial charge in [-0.3, -0.25) is 14.7 Å². The molecule has 1 aliphatic heterocycles. The number of aromatic amines is 1. The summed E-state index contributed by atoms with van der Waals surface area (Å²) in [4.78, 5) is 30.9. The molecule has 1 unspecified atom stereocenters. The largest absolute Gasteiger partial charge is 0.342 e. The minimum atomic E-state index is -0.287. The number of nitrogens with zero attached hydrogens (tertiary/aromatic N) is 3. The molecule has 1 saturated carbocycles. The molecule has 1 aromatic heterocycles. The fraction of sp³-hybridized carbons (Fsp3) is 0.500. The summed E-state index contributed by atoms with van der Waals surface area (Å²) in [6, 6.07) is 7.51. The summed E-state index contributed by atoms with van der Waals surface area (Å²) in [6.45, 7) is 5.35. The van der Waals surface area contributed by atoms with E-state index in [0.29, 0.717) is 30.7 Å². The molecule has 1 atom stereocenters. The molecule has 2 heterocycles. The standard InChI is InChI=1S/C20H25N5O2/c1-12(2)10-25-11-15(9-17(25)26)20(27)21-16-7-5-14(6-8-16)19-22-18(23-24-19)13-3-4-13/h5-8,12-13,15H,3-4,9-11H2,1-2H3,(H,21,27)(H,22,23,24). The number of aromatic nitrogens is 3. The second-order valence-electron chi connectivity index (χ2n) is 7.98. The number of rotatable bonds is 6. The number of H-pyrrole nitrogens is 1. The molecule has 0 radical (unpaired) electrons. The maximum atomic E-state index is 12.5. The number of nitrogens with one attached hydrogen (secondary N) is 2. The van der Waals surface area contributed by atoms with Crippen LogP contribution < -0.4 is 5.32 Å². The number of amides is 2. The first-order valence-corrected chi connectivity index (χ1v) is 9.61. The number of hydrogen-bond donors (Lipinski definition) is 2. The van der Waals surface area contributed by atoms with Crippen LogP contribution in [0.25, 0.3) is 11.4 Å². The number of benzene rings is 1. The predicted molar refractivity (Wildman–Crippen MR) is 102 cm³/mol. The third-order valence-electron chi connectivity index (χ3n) is 5.05. The Morgan fingerprint density at radius 1 is 1.30 bits per heavy atom. The van der Waals surface area contributed by atoms with E-state index in [9.17, 15) is 9.59 Å². The van der Waals surface area contributed by atoms with Gasteiger partial charge in [0, 0.05) is 36.7 Å². The highest BCUT2D eigenvalue weighted by Crippen LogP contribution is 2.38. The number of carbonyl (C=O) groups excluding carboxylic acids is 2. The lowest BCUT2D eigenvalue weighted by Crippen LogP contribution is -2.31. The van der Waals surface area contributed by atoms with Crippen LogP contribution >= 0.6 is 0 Å². The van der Waals surface area contributed by atoms with Gasteiger partial charge in [0.05, 0.1) is 5.92 Å². The molecule has 1 aliphatic carbocycles. The van der Waals surface area contributed by atoms with Gasteiger partial charge in [-0.05, 0) is 43.0 Å². The van der Waals surface area contributed by atoms with E-state index in [-0.39, 0.29) is 24.2 Å². The third-order valence-corrected chi connectivity index (χ3v) is 5.05. The van der Waals surface area contributed by atoms with E-state index in [1.807, 2.05) is 24.3 Å². The van der Waals surface area contributed by atoms with Crippen molar-refractivity contribution in [3.05, 3.63) is 30.1 Å². The summed E-state index contributed by atoms with van der Waals surface area (Å²) >= 11 is 0. The van der Waals surface area contributed by atoms with Crippen molar-refractivity contribution in [2.24, 2.45) is 11.8 Å². The molecule has 1 aromatic carbocycles. The van der Waals surface area contributed by atoms with Crippen LogP contribution in [0.15, 0.2) is 24.3 Å². The van der Waals surface area contributed by atoms with Gasteiger partial charge in [-0.25, -0.2) is 4.98 Å². The minimum Gasteiger partial charge on any atom is -0.342 e. The molecule has 0 spiro atoms. The van der Waals surface area contributed by atoms with Crippen molar-refractivity contribution in [1.82, 2.24) is 20.1 Å². The summed E-state index contributed by atoms with van der Waals surface area (Å²) < 4.78 is 0. The van der Waals surface area contributed by atoms with Gasteiger partial charge in [0.25, 0.3) is 0 Å². The monoisotopic (exact) mass is 367 g/mol. The van der Waals surface area contributed by atoms with Gasteiger partial charge in [0.2, 0.25) is 11.8 Å². The van der Waals surface area contributed by atoms with Crippen molar-refractivity contribution in [2.75, 3.05) is 18.4 Å². The molecule has 1 saturated heterocycles. The van der Waals surface area contributed by atoms with Gasteiger partial charge >= 0.3 is 0 Å². The number of anilines is 1. The van der Waals surface area contributed by atoms with Gasteiger partial charge in [0.15, 0.2) is 5.82 Å². The zero-order valence-electron chi connectivity index (χ0n) is 15.7. The van der Waals surface area contributed by atoms with Crippen molar-refractivity contribution in [3.63, 3.8) is 0 Å². The number of hydrogen-bond acceptors (Lipinski definition) is 4. The molecule has 2 aromatic rings. The zero-order valence-corrected chi connectivity index (χ0v) is 15.7. The summed E-state index contributed by atoms with van der Waals surface area (Å²) in [5.74, 6) is 2.25. The van der Waals surface area contributed by atoms with E-state index in [2.05, 4.69) is 34.3 Å². The summed E-state index contributed by atoms with van der Waals surface area (Å²) in [7, 11) is 0. The van der Waals surface area contributed by atoms with Crippen LogP contribution in [0.1, 0.15) is 44.9 Å².